The van der Waals surface area contributed by atoms with Gasteiger partial charge >= 0.3 is 0 Å². The number of aliphatic imine (C=N–C) groups is 2. The number of allylic oxidation sites excluding steroid dienone is 4. The van der Waals surface area contributed by atoms with E-state index in [1.54, 1.807) is 0 Å². The molecule has 0 saturated carbocycles. The molecule has 14 aromatic rings. The molecule has 4 nitrogen and oxygen atoms in total. The molecule has 0 unspecified atom stereocenters. The minimum Gasteiger partial charge on any atom is -0.342 e. The van der Waals surface area contributed by atoms with E-state index in [4.69, 9.17) is 9.98 Å². The van der Waals surface area contributed by atoms with Gasteiger partial charge in [-0.1, -0.05) is 364 Å². The van der Waals surface area contributed by atoms with Gasteiger partial charge in [-0.25, -0.2) is 9.98 Å². The molecule has 0 spiro atoms. The first kappa shape index (κ1) is 59.0. The van der Waals surface area contributed by atoms with Crippen LogP contribution in [0.4, 0.5) is 0 Å². The van der Waals surface area contributed by atoms with Gasteiger partial charge in [-0.05, 0) is 66.8 Å². The van der Waals surface area contributed by atoms with Crippen molar-refractivity contribution in [1.29, 1.82) is 0 Å². The molecule has 4 heteroatoms. The summed E-state index contributed by atoms with van der Waals surface area (Å²) in [7, 11) is 4.58. The van der Waals surface area contributed by atoms with Gasteiger partial charge in [0.15, 0.2) is 0 Å². The Balaban J connectivity index is 1.26. The molecule has 0 fully saturated rings. The van der Waals surface area contributed by atoms with Crippen molar-refractivity contribution >= 4 is 56.0 Å². The molecule has 0 atom stereocenters. The third kappa shape index (κ3) is 10.2. The summed E-state index contributed by atoms with van der Waals surface area (Å²) in [4.78, 5) is 13.2. The van der Waals surface area contributed by atoms with E-state index in [0.717, 1.165) is 179 Å². The summed E-state index contributed by atoms with van der Waals surface area (Å²) in [5, 5.41) is 2.01. The largest absolute Gasteiger partial charge is 0.342 e. The summed E-state index contributed by atoms with van der Waals surface area (Å²) in [5.74, 6) is 0. The quantitative estimate of drug-likeness (QED) is 0.117. The Labute approximate surface area is 572 Å². The molecule has 12 aromatic carbocycles. The topological polar surface area (TPSA) is 34.6 Å². The molecule has 0 N–H and O–H groups in total. The normalized spacial score (nSPS) is 13.7. The zero-order valence-electron chi connectivity index (χ0n) is 54.4. The van der Waals surface area contributed by atoms with E-state index in [0.29, 0.717) is 0 Å². The van der Waals surface area contributed by atoms with Crippen molar-refractivity contribution < 1.29 is 0 Å². The molecule has 4 heterocycles. The Kier molecular flexibility index (Phi) is 15.4. The van der Waals surface area contributed by atoms with E-state index in [1.165, 1.54) is 0 Å². The summed E-state index contributed by atoms with van der Waals surface area (Å²) in [6.45, 7) is 0. The fourth-order valence-electron chi connectivity index (χ4n) is 15.2. The van der Waals surface area contributed by atoms with Crippen LogP contribution in [0.15, 0.2) is 385 Å². The number of rotatable bonds is 12. The Bertz CT molecular complexity index is 5320. The van der Waals surface area contributed by atoms with Crippen LogP contribution in [-0.2, 0) is 14.1 Å². The van der Waals surface area contributed by atoms with Crippen molar-refractivity contribution in [3.05, 3.63) is 442 Å². The van der Waals surface area contributed by atoms with Gasteiger partial charge in [0, 0.05) is 80.9 Å². The Hall–Kier alpha value is -12.8. The summed E-state index contributed by atoms with van der Waals surface area (Å²) >= 11 is 0. The Morgan fingerprint density at radius 1 is 0.173 bits per heavy atom. The van der Waals surface area contributed by atoms with Crippen LogP contribution in [0.3, 0.4) is 0 Å². The number of benzene rings is 12. The molecule has 0 amide bonds. The Morgan fingerprint density at radius 3 is 0.592 bits per heavy atom. The predicted octanol–water partition coefficient (Wildman–Crippen LogP) is 20.8. The summed E-state index contributed by atoms with van der Waals surface area (Å²) < 4.78 is 5.01. The van der Waals surface area contributed by atoms with Gasteiger partial charge in [0.05, 0.1) is 44.9 Å². The minimum atomic E-state index is 0.850. The van der Waals surface area contributed by atoms with Crippen LogP contribution in [0.2, 0.25) is 0 Å². The van der Waals surface area contributed by atoms with Crippen LogP contribution >= 0.6 is 0 Å². The van der Waals surface area contributed by atoms with Crippen molar-refractivity contribution in [2.24, 2.45) is 24.1 Å². The monoisotopic (exact) mass is 1250 g/mol. The average molecular weight is 1250 g/mol. The van der Waals surface area contributed by atoms with Crippen LogP contribution < -0.4 is 10.7 Å². The first-order valence-corrected chi connectivity index (χ1v) is 33.6. The number of nitrogens with zero attached hydrogens (tertiary/aromatic N) is 4. The molecule has 1 aliphatic carbocycles. The second-order valence-electron chi connectivity index (χ2n) is 25.0. The van der Waals surface area contributed by atoms with E-state index in [2.05, 4.69) is 387 Å². The van der Waals surface area contributed by atoms with E-state index in [1.807, 2.05) is 0 Å². The average Bonchev–Trinajstić information content (AvgIpc) is 1.54. The zero-order valence-corrected chi connectivity index (χ0v) is 54.4. The molecule has 0 radical (unpaired) electrons. The SMILES string of the molecule is Cn1c2c(-c3ccccc3)c(-c3ccccc3)c1C(c1ccccc1)=C1N=C(C(c3ccccc3)=C1c1ccccc1)C(c1ccccc1)=c1c(-c3ccccc3)c(-c3ccccc3)c(n1C)=C(c1ccccc1)C1=NC(=C2c2ccccc2)C(c2ccccc2)=C1c1ccccc1. The standard InChI is InChI=1S/C94H66N4/c1-97-91-79(67-47-23-7-24-48-67)80(68-49-25-8-26-50-68)92(97)84(72-57-33-12-34-58-72)88-76(64-41-17-4-18-42-64)78(66-45-21-6-22-46-66)90(96-88)86(74-61-37-14-38-62-74)94-82(70-53-29-10-30-54-70)81(69-51-27-9-28-52-69)93(98(94)2)85(73-59-35-13-36-60-73)89-77(65-43-19-5-20-44-65)75(63-39-15-3-16-40-63)87(95-89)83(91)71-55-31-11-32-56-71/h3-62H,1-2H3. The maximum absolute atomic E-state index is 6.58. The fourth-order valence-corrected chi connectivity index (χ4v) is 15.2. The minimum absolute atomic E-state index is 0.850. The molecule has 0 saturated heterocycles. The lowest BCUT2D eigenvalue weighted by Gasteiger charge is -2.20. The molecule has 2 aliphatic heterocycles. The van der Waals surface area contributed by atoms with Gasteiger partial charge in [-0.2, -0.15) is 0 Å². The highest BCUT2D eigenvalue weighted by atomic mass is 15.0. The van der Waals surface area contributed by atoms with Crippen LogP contribution in [0.1, 0.15) is 55.9 Å². The van der Waals surface area contributed by atoms with Crippen LogP contribution in [0.5, 0.6) is 0 Å². The van der Waals surface area contributed by atoms with E-state index >= 15 is 0 Å². The second-order valence-corrected chi connectivity index (χ2v) is 25.0. The summed E-state index contributed by atoms with van der Waals surface area (Å²) in [6.07, 6.45) is 0. The lowest BCUT2D eigenvalue weighted by atomic mass is 9.83. The van der Waals surface area contributed by atoms with Crippen molar-refractivity contribution in [2.75, 3.05) is 0 Å². The van der Waals surface area contributed by atoms with Crippen molar-refractivity contribution in [1.82, 2.24) is 9.13 Å². The van der Waals surface area contributed by atoms with Crippen molar-refractivity contribution in [2.45, 2.75) is 0 Å². The molecule has 98 heavy (non-hydrogen) atoms. The van der Waals surface area contributed by atoms with E-state index in [9.17, 15) is 0 Å². The molecular weight excluding hydrogens is 1190 g/mol. The third-order valence-electron chi connectivity index (χ3n) is 19.3. The van der Waals surface area contributed by atoms with Crippen LogP contribution in [0.25, 0.3) is 89.1 Å². The molecular formula is C94H66N4. The van der Waals surface area contributed by atoms with E-state index < -0.39 is 0 Å². The number of fused-ring (bicyclic) bond motifs is 10. The molecule has 3 aliphatic rings. The lowest BCUT2D eigenvalue weighted by Crippen LogP contribution is -2.32. The fraction of sp³-hybridized carbons (Fsp3) is 0.0213. The third-order valence-corrected chi connectivity index (χ3v) is 19.3. The van der Waals surface area contributed by atoms with E-state index in [-0.39, 0.29) is 0 Å². The van der Waals surface area contributed by atoms with Gasteiger partial charge in [0.25, 0.3) is 0 Å². The van der Waals surface area contributed by atoms with Gasteiger partial charge in [-0.15, -0.1) is 0 Å². The summed E-state index contributed by atoms with van der Waals surface area (Å²) in [6, 6.07) is 132. The zero-order chi connectivity index (χ0) is 65.5. The van der Waals surface area contributed by atoms with Crippen molar-refractivity contribution in [3.8, 4) is 44.5 Å². The predicted molar refractivity (Wildman–Crippen MR) is 409 cm³/mol. The number of hydrogen-bond acceptors (Lipinski definition) is 2. The van der Waals surface area contributed by atoms with Crippen molar-refractivity contribution in [3.63, 3.8) is 0 Å². The van der Waals surface area contributed by atoms with Crippen LogP contribution in [0, 0.1) is 0 Å². The molecule has 2 aromatic heterocycles. The maximum Gasteiger partial charge on any atom is 0.0822 e. The molecule has 17 rings (SSSR count). The summed E-state index contributed by atoms with van der Waals surface area (Å²) in [5.41, 5.74) is 30.2. The highest BCUT2D eigenvalue weighted by Gasteiger charge is 2.40. The maximum atomic E-state index is 6.58. The Morgan fingerprint density at radius 2 is 0.357 bits per heavy atom. The number of hydrogen-bond donors (Lipinski definition) is 0. The van der Waals surface area contributed by atoms with Gasteiger partial charge in [0.2, 0.25) is 0 Å². The number of aromatic nitrogens is 2. The smallest absolute Gasteiger partial charge is 0.0822 e. The highest BCUT2D eigenvalue weighted by molar-refractivity contribution is 6.53. The first-order chi connectivity index (χ1) is 48.6. The lowest BCUT2D eigenvalue weighted by molar-refractivity contribution is 0.857. The first-order valence-electron chi connectivity index (χ1n) is 33.6. The van der Waals surface area contributed by atoms with Gasteiger partial charge in [-0.3, -0.25) is 0 Å². The van der Waals surface area contributed by atoms with Gasteiger partial charge in [0.1, 0.15) is 0 Å². The molecule has 8 bridgehead atoms. The highest BCUT2D eigenvalue weighted by Crippen LogP contribution is 2.55. The van der Waals surface area contributed by atoms with Crippen LogP contribution in [-0.4, -0.2) is 20.6 Å². The van der Waals surface area contributed by atoms with Gasteiger partial charge < -0.3 is 9.13 Å². The second kappa shape index (κ2) is 25.5. The molecule has 462 valence electrons.